The zero-order chi connectivity index (χ0) is 23.9. The Balaban J connectivity index is 1.49. The van der Waals surface area contributed by atoms with Crippen LogP contribution in [-0.4, -0.2) is 22.6 Å². The summed E-state index contributed by atoms with van der Waals surface area (Å²) in [5.41, 5.74) is 4.94. The second kappa shape index (κ2) is 8.89. The molecular weight excluding hydrogens is 461 g/mol. The molecule has 0 spiro atoms. The lowest BCUT2D eigenvalue weighted by Crippen LogP contribution is -2.38. The first-order chi connectivity index (χ1) is 17.1. The monoisotopic (exact) mass is 487 g/mol. The summed E-state index contributed by atoms with van der Waals surface area (Å²) in [4.78, 5) is 17.2. The number of fused-ring (bicyclic) bond motifs is 5. The molecule has 1 unspecified atom stereocenters. The summed E-state index contributed by atoms with van der Waals surface area (Å²) in [5, 5.41) is 4.24. The van der Waals surface area contributed by atoms with Gasteiger partial charge in [-0.3, -0.25) is 0 Å². The minimum absolute atomic E-state index is 0.233. The van der Waals surface area contributed by atoms with E-state index in [-0.39, 0.29) is 11.8 Å². The van der Waals surface area contributed by atoms with Gasteiger partial charge in [-0.25, -0.2) is 9.18 Å². The highest BCUT2D eigenvalue weighted by atomic mass is 32.1. The average molecular weight is 488 g/mol. The van der Waals surface area contributed by atoms with Gasteiger partial charge in [-0.1, -0.05) is 18.2 Å². The summed E-state index contributed by atoms with van der Waals surface area (Å²) < 4.78 is 21.9. The van der Waals surface area contributed by atoms with E-state index in [9.17, 15) is 9.18 Å². The molecule has 6 rings (SSSR count). The van der Waals surface area contributed by atoms with Crippen molar-refractivity contribution in [2.45, 2.75) is 38.3 Å². The number of benzene rings is 2. The molecule has 1 N–H and O–H groups in total. The van der Waals surface area contributed by atoms with E-state index in [4.69, 9.17) is 4.74 Å². The van der Waals surface area contributed by atoms with Crippen molar-refractivity contribution in [3.8, 4) is 10.8 Å². The van der Waals surface area contributed by atoms with Crippen molar-refractivity contribution >= 4 is 23.1 Å². The third-order valence-electron chi connectivity index (χ3n) is 6.93. The third kappa shape index (κ3) is 3.90. The van der Waals surface area contributed by atoms with Crippen molar-refractivity contribution in [2.75, 3.05) is 12.4 Å². The number of ether oxygens (including phenoxy) is 1. The Hall–Kier alpha value is -3.58. The van der Waals surface area contributed by atoms with Crippen molar-refractivity contribution in [1.29, 1.82) is 0 Å². The number of carbonyl (C=O) groups is 1. The van der Waals surface area contributed by atoms with Gasteiger partial charge in [0, 0.05) is 28.4 Å². The Morgan fingerprint density at radius 2 is 1.91 bits per heavy atom. The number of hydrogen-bond acceptors (Lipinski definition) is 3. The number of anilines is 1. The Labute approximate surface area is 207 Å². The van der Waals surface area contributed by atoms with Crippen LogP contribution in [0.3, 0.4) is 0 Å². The van der Waals surface area contributed by atoms with Crippen LogP contribution in [-0.2, 0) is 19.4 Å². The molecule has 0 fully saturated rings. The van der Waals surface area contributed by atoms with Gasteiger partial charge in [0.1, 0.15) is 16.6 Å². The summed E-state index contributed by atoms with van der Waals surface area (Å²) in [6.45, 7) is 0.458. The molecule has 7 heteroatoms. The van der Waals surface area contributed by atoms with Crippen molar-refractivity contribution in [3.63, 3.8) is 0 Å². The fraction of sp³-hybridized carbons (Fsp3) is 0.250. The molecule has 1 atom stereocenters. The number of halogens is 1. The molecule has 3 heterocycles. The van der Waals surface area contributed by atoms with Gasteiger partial charge in [0.05, 0.1) is 25.4 Å². The summed E-state index contributed by atoms with van der Waals surface area (Å²) in [6, 6.07) is 17.3. The van der Waals surface area contributed by atoms with E-state index in [0.717, 1.165) is 30.5 Å². The molecule has 1 aliphatic heterocycles. The van der Waals surface area contributed by atoms with Crippen LogP contribution in [0.4, 0.5) is 14.9 Å². The fourth-order valence-electron chi connectivity index (χ4n) is 5.31. The predicted octanol–water partition coefficient (Wildman–Crippen LogP) is 6.70. The molecule has 5 nitrogen and oxygen atoms in total. The molecule has 4 aromatic rings. The molecule has 2 aliphatic rings. The van der Waals surface area contributed by atoms with Crippen LogP contribution in [0.25, 0.3) is 5.00 Å². The molecule has 2 amide bonds. The van der Waals surface area contributed by atoms with Crippen molar-refractivity contribution in [3.05, 3.63) is 99.9 Å². The summed E-state index contributed by atoms with van der Waals surface area (Å²) in [6.07, 6.45) is 6.56. The van der Waals surface area contributed by atoms with E-state index in [1.54, 1.807) is 19.2 Å². The lowest BCUT2D eigenvalue weighted by Gasteiger charge is -2.31. The smallest absolute Gasteiger partial charge is 0.322 e. The van der Waals surface area contributed by atoms with Crippen molar-refractivity contribution in [2.24, 2.45) is 0 Å². The van der Waals surface area contributed by atoms with Gasteiger partial charge in [-0.05, 0) is 73.2 Å². The number of thiophene rings is 1. The molecular formula is C28H26FN3O2S. The molecule has 0 radical (unpaired) electrons. The molecule has 2 aromatic carbocycles. The largest absolute Gasteiger partial charge is 0.497 e. The highest BCUT2D eigenvalue weighted by Gasteiger charge is 2.36. The summed E-state index contributed by atoms with van der Waals surface area (Å²) >= 11 is 1.84. The number of nitrogens with one attached hydrogen (secondary N) is 1. The van der Waals surface area contributed by atoms with E-state index >= 15 is 0 Å². The Bertz CT molecular complexity index is 1410. The number of carbonyl (C=O) groups excluding carboxylic acids is 1. The number of amides is 2. The summed E-state index contributed by atoms with van der Waals surface area (Å²) in [7, 11) is 1.60. The first-order valence-electron chi connectivity index (χ1n) is 11.9. The Kier molecular flexibility index (Phi) is 5.57. The molecule has 178 valence electrons. The number of hydrogen-bond donors (Lipinski definition) is 1. The fourth-order valence-corrected chi connectivity index (χ4v) is 6.71. The lowest BCUT2D eigenvalue weighted by molar-refractivity contribution is 0.194. The van der Waals surface area contributed by atoms with Crippen LogP contribution in [0.2, 0.25) is 0 Å². The zero-order valence-electron chi connectivity index (χ0n) is 19.5. The van der Waals surface area contributed by atoms with Gasteiger partial charge < -0.3 is 19.5 Å². The van der Waals surface area contributed by atoms with Crippen LogP contribution in [0.15, 0.2) is 66.9 Å². The normalized spacial score (nSPS) is 16.6. The maximum Gasteiger partial charge on any atom is 0.322 e. The van der Waals surface area contributed by atoms with E-state index in [1.807, 2.05) is 52.6 Å². The quantitative estimate of drug-likeness (QED) is 0.349. The molecule has 35 heavy (non-hydrogen) atoms. The Morgan fingerprint density at radius 3 is 2.77 bits per heavy atom. The second-order valence-corrected chi connectivity index (χ2v) is 10.1. The number of rotatable bonds is 3. The van der Waals surface area contributed by atoms with Crippen LogP contribution in [0.5, 0.6) is 5.75 Å². The highest BCUT2D eigenvalue weighted by Crippen LogP contribution is 2.44. The highest BCUT2D eigenvalue weighted by molar-refractivity contribution is 7.15. The van der Waals surface area contributed by atoms with Gasteiger partial charge >= 0.3 is 6.03 Å². The van der Waals surface area contributed by atoms with E-state index in [2.05, 4.69) is 16.1 Å². The standard InChI is InChI=1S/C28H26FN3O2S/c1-34-21-10-5-9-20(16-21)30-28(33)32-17-23-22-11-2-3-13-25(22)35-27(23)31-14-6-12-24(31)26(32)18-7-4-8-19(29)15-18/h4-10,12,14-16,26H,2-3,11,13,17H2,1H3,(H,30,33). The number of urea groups is 1. The van der Waals surface area contributed by atoms with Crippen molar-refractivity contribution < 1.29 is 13.9 Å². The van der Waals surface area contributed by atoms with E-state index < -0.39 is 6.04 Å². The third-order valence-corrected chi connectivity index (χ3v) is 8.26. The van der Waals surface area contributed by atoms with E-state index in [0.29, 0.717) is 18.0 Å². The topological polar surface area (TPSA) is 46.5 Å². The maximum atomic E-state index is 14.4. The van der Waals surface area contributed by atoms with Crippen LogP contribution in [0.1, 0.15) is 46.1 Å². The van der Waals surface area contributed by atoms with Gasteiger partial charge in [0.15, 0.2) is 0 Å². The second-order valence-electron chi connectivity index (χ2n) is 9.05. The number of methoxy groups -OCH3 is 1. The Morgan fingerprint density at radius 1 is 1.06 bits per heavy atom. The first kappa shape index (κ1) is 21.9. The summed E-state index contributed by atoms with van der Waals surface area (Å²) in [5.74, 6) is 0.355. The predicted molar refractivity (Wildman–Crippen MR) is 136 cm³/mol. The van der Waals surface area contributed by atoms with Crippen LogP contribution < -0.4 is 10.1 Å². The van der Waals surface area contributed by atoms with E-state index in [1.165, 1.54) is 39.6 Å². The SMILES string of the molecule is COc1cccc(NC(=O)N2Cc3c(sc4c3CCCC4)-n3cccc3C2c2cccc(F)c2)c1. The number of aryl methyl sites for hydroxylation is 1. The van der Waals surface area contributed by atoms with Gasteiger partial charge in [0.25, 0.3) is 0 Å². The molecule has 0 saturated heterocycles. The van der Waals surface area contributed by atoms with Crippen LogP contribution in [0, 0.1) is 5.82 Å². The van der Waals surface area contributed by atoms with Gasteiger partial charge in [-0.15, -0.1) is 11.3 Å². The zero-order valence-corrected chi connectivity index (χ0v) is 20.3. The number of nitrogens with zero attached hydrogens (tertiary/aromatic N) is 2. The van der Waals surface area contributed by atoms with Gasteiger partial charge in [0.2, 0.25) is 0 Å². The minimum Gasteiger partial charge on any atom is -0.497 e. The van der Waals surface area contributed by atoms with Crippen LogP contribution >= 0.6 is 11.3 Å². The molecule has 0 bridgehead atoms. The van der Waals surface area contributed by atoms with Gasteiger partial charge in [-0.2, -0.15) is 0 Å². The lowest BCUT2D eigenvalue weighted by atomic mass is 9.95. The first-order valence-corrected chi connectivity index (χ1v) is 12.7. The minimum atomic E-state index is -0.440. The molecule has 2 aromatic heterocycles. The number of aromatic nitrogens is 1. The molecule has 0 saturated carbocycles. The van der Waals surface area contributed by atoms with Crippen molar-refractivity contribution in [1.82, 2.24) is 9.47 Å². The molecule has 1 aliphatic carbocycles. The average Bonchev–Trinajstić information content (AvgIpc) is 3.46. The maximum absolute atomic E-state index is 14.4.